The van der Waals surface area contributed by atoms with Gasteiger partial charge in [0, 0.05) is 15.6 Å². The van der Waals surface area contributed by atoms with Gasteiger partial charge in [-0.3, -0.25) is 0 Å². The van der Waals surface area contributed by atoms with Crippen LogP contribution in [0.5, 0.6) is 0 Å². The third kappa shape index (κ3) is 3.03. The van der Waals surface area contributed by atoms with Gasteiger partial charge in [-0.2, -0.15) is 0 Å². The topological polar surface area (TPSA) is 44.8 Å². The number of esters is 1. The number of hydrogen-bond acceptors (Lipinski definition) is 4. The molecule has 0 amide bonds. The van der Waals surface area contributed by atoms with Crippen LogP contribution in [0.25, 0.3) is 0 Å². The minimum absolute atomic E-state index is 0.274. The molecule has 1 aliphatic heterocycles. The fourth-order valence-corrected chi connectivity index (χ4v) is 2.61. The van der Waals surface area contributed by atoms with E-state index in [1.807, 2.05) is 0 Å². The zero-order valence-corrected chi connectivity index (χ0v) is 12.1. The van der Waals surface area contributed by atoms with Crippen LogP contribution in [0.4, 0.5) is 0 Å². The van der Waals surface area contributed by atoms with Crippen LogP contribution in [-0.2, 0) is 19.0 Å². The van der Waals surface area contributed by atoms with Gasteiger partial charge < -0.3 is 14.2 Å². The van der Waals surface area contributed by atoms with E-state index in [-0.39, 0.29) is 6.61 Å². The lowest BCUT2D eigenvalue weighted by Crippen LogP contribution is -2.28. The lowest BCUT2D eigenvalue weighted by atomic mass is 10.0. The number of carbonyl (C=O) groups excluding carboxylic acids is 1. The molecule has 104 valence electrons. The highest BCUT2D eigenvalue weighted by Crippen LogP contribution is 2.40. The molecule has 1 saturated heterocycles. The van der Waals surface area contributed by atoms with E-state index in [1.54, 1.807) is 32.0 Å². The third-order valence-corrected chi connectivity index (χ3v) is 3.41. The van der Waals surface area contributed by atoms with Crippen molar-refractivity contribution in [2.24, 2.45) is 0 Å². The second-order valence-corrected chi connectivity index (χ2v) is 4.88. The lowest BCUT2D eigenvalue weighted by molar-refractivity contribution is -0.156. The zero-order chi connectivity index (χ0) is 14.0. The summed E-state index contributed by atoms with van der Waals surface area (Å²) in [6.45, 7) is 3.71. The molecule has 6 heteroatoms. The predicted molar refractivity (Wildman–Crippen MR) is 71.3 cm³/mol. The maximum Gasteiger partial charge on any atom is 0.338 e. The lowest BCUT2D eigenvalue weighted by Gasteiger charge is -2.18. The molecule has 1 aromatic rings. The van der Waals surface area contributed by atoms with Gasteiger partial charge in [-0.1, -0.05) is 29.3 Å². The maximum atomic E-state index is 11.9. The Kier molecular flexibility index (Phi) is 4.68. The van der Waals surface area contributed by atoms with E-state index in [9.17, 15) is 4.79 Å². The van der Waals surface area contributed by atoms with Gasteiger partial charge in [0.05, 0.1) is 6.61 Å². The minimum Gasteiger partial charge on any atom is -0.464 e. The number of rotatable bonds is 3. The highest BCUT2D eigenvalue weighted by Gasteiger charge is 2.42. The quantitative estimate of drug-likeness (QED) is 0.803. The molecule has 1 aromatic carbocycles. The van der Waals surface area contributed by atoms with Crippen molar-refractivity contribution < 1.29 is 19.0 Å². The van der Waals surface area contributed by atoms with E-state index >= 15 is 0 Å². The summed E-state index contributed by atoms with van der Waals surface area (Å²) in [7, 11) is 0. The predicted octanol–water partition coefficient (Wildman–Crippen LogP) is 3.36. The van der Waals surface area contributed by atoms with Crippen molar-refractivity contribution in [3.8, 4) is 0 Å². The fourth-order valence-electron chi connectivity index (χ4n) is 1.99. The van der Waals surface area contributed by atoms with Gasteiger partial charge in [0.25, 0.3) is 0 Å². The molecule has 1 heterocycles. The van der Waals surface area contributed by atoms with Crippen LogP contribution < -0.4 is 0 Å². The minimum atomic E-state index is -0.854. The molecular formula is C13H14Cl2O4. The molecule has 0 saturated carbocycles. The molecule has 1 aliphatic rings. The summed E-state index contributed by atoms with van der Waals surface area (Å²) in [5, 5.41) is 0.869. The van der Waals surface area contributed by atoms with Gasteiger partial charge in [0.1, 0.15) is 6.10 Å². The van der Waals surface area contributed by atoms with Crippen molar-refractivity contribution in [3.05, 3.63) is 33.8 Å². The Morgan fingerprint density at radius 3 is 2.53 bits per heavy atom. The first-order valence-corrected chi connectivity index (χ1v) is 6.71. The van der Waals surface area contributed by atoms with Crippen molar-refractivity contribution in [1.29, 1.82) is 0 Å². The molecule has 2 rings (SSSR count). The van der Waals surface area contributed by atoms with Crippen LogP contribution in [-0.4, -0.2) is 25.0 Å². The number of ether oxygens (including phenoxy) is 3. The summed E-state index contributed by atoms with van der Waals surface area (Å²) in [4.78, 5) is 11.9. The molecule has 1 unspecified atom stereocenters. The van der Waals surface area contributed by atoms with Crippen molar-refractivity contribution in [2.45, 2.75) is 32.3 Å². The highest BCUT2D eigenvalue weighted by molar-refractivity contribution is 6.36. The Morgan fingerprint density at radius 2 is 1.95 bits per heavy atom. The monoisotopic (exact) mass is 304 g/mol. The summed E-state index contributed by atoms with van der Waals surface area (Å²) in [6.07, 6.45) is -2.03. The van der Waals surface area contributed by atoms with Crippen molar-refractivity contribution in [1.82, 2.24) is 0 Å². The van der Waals surface area contributed by atoms with Gasteiger partial charge in [0.2, 0.25) is 0 Å². The van der Waals surface area contributed by atoms with Crippen LogP contribution in [0.1, 0.15) is 25.5 Å². The molecule has 0 aromatic heterocycles. The van der Waals surface area contributed by atoms with E-state index in [4.69, 9.17) is 37.4 Å². The van der Waals surface area contributed by atoms with E-state index in [0.29, 0.717) is 15.6 Å². The Morgan fingerprint density at radius 1 is 1.32 bits per heavy atom. The largest absolute Gasteiger partial charge is 0.464 e. The Hall–Kier alpha value is -0.810. The molecule has 0 bridgehead atoms. The molecule has 3 atom stereocenters. The Bertz CT molecular complexity index is 457. The van der Waals surface area contributed by atoms with E-state index < -0.39 is 24.5 Å². The van der Waals surface area contributed by atoms with E-state index in [0.717, 1.165) is 0 Å². The molecule has 4 nitrogen and oxygen atoms in total. The second-order valence-electron chi connectivity index (χ2n) is 4.07. The smallest absolute Gasteiger partial charge is 0.338 e. The first kappa shape index (κ1) is 14.6. The van der Waals surface area contributed by atoms with Crippen molar-refractivity contribution >= 4 is 29.2 Å². The average Bonchev–Trinajstić information content (AvgIpc) is 2.71. The molecule has 0 radical (unpaired) electrons. The zero-order valence-electron chi connectivity index (χ0n) is 10.6. The van der Waals surface area contributed by atoms with Crippen molar-refractivity contribution in [3.63, 3.8) is 0 Å². The number of carbonyl (C=O) groups is 1. The molecule has 0 N–H and O–H groups in total. The van der Waals surface area contributed by atoms with Gasteiger partial charge in [0.15, 0.2) is 12.4 Å². The first-order valence-electron chi connectivity index (χ1n) is 5.96. The molecular weight excluding hydrogens is 291 g/mol. The third-order valence-electron chi connectivity index (χ3n) is 2.75. The molecule has 19 heavy (non-hydrogen) atoms. The number of halogens is 2. The summed E-state index contributed by atoms with van der Waals surface area (Å²) in [5.74, 6) is -0.479. The van der Waals surface area contributed by atoms with Gasteiger partial charge in [-0.05, 0) is 26.0 Å². The maximum absolute atomic E-state index is 11.9. The summed E-state index contributed by atoms with van der Waals surface area (Å²) < 4.78 is 16.0. The van der Waals surface area contributed by atoms with E-state index in [2.05, 4.69) is 0 Å². The van der Waals surface area contributed by atoms with Crippen LogP contribution in [0, 0.1) is 0 Å². The Balaban J connectivity index is 2.33. The van der Waals surface area contributed by atoms with Crippen LogP contribution >= 0.6 is 23.2 Å². The van der Waals surface area contributed by atoms with Gasteiger partial charge in [-0.25, -0.2) is 4.79 Å². The normalized spacial score (nSPS) is 26.4. The Labute approximate surface area is 121 Å². The second kappa shape index (κ2) is 6.09. The molecule has 1 fully saturated rings. The summed E-state index contributed by atoms with van der Waals surface area (Å²) in [5.41, 5.74) is 0.549. The fraction of sp³-hybridized carbons (Fsp3) is 0.462. The molecule has 0 aliphatic carbocycles. The van der Waals surface area contributed by atoms with Crippen LogP contribution in [0.3, 0.4) is 0 Å². The van der Waals surface area contributed by atoms with E-state index in [1.165, 1.54) is 0 Å². The SMILES string of the molecule is CCOC(=O)[C@H]1OC(C)O[C@@H]1c1c(Cl)cccc1Cl. The van der Waals surface area contributed by atoms with Crippen LogP contribution in [0.2, 0.25) is 10.0 Å². The highest BCUT2D eigenvalue weighted by atomic mass is 35.5. The number of benzene rings is 1. The summed E-state index contributed by atoms with van der Waals surface area (Å²) in [6, 6.07) is 5.11. The summed E-state index contributed by atoms with van der Waals surface area (Å²) >= 11 is 12.3. The van der Waals surface area contributed by atoms with Crippen LogP contribution in [0.15, 0.2) is 18.2 Å². The molecule has 0 spiro atoms. The van der Waals surface area contributed by atoms with Gasteiger partial charge in [-0.15, -0.1) is 0 Å². The standard InChI is InChI=1S/C13H14Cl2O4/c1-3-17-13(16)12-11(18-7(2)19-12)10-8(14)5-4-6-9(10)15/h4-7,11-12H,3H2,1-2H3/t7?,11-,12+/m1/s1. The number of hydrogen-bond donors (Lipinski definition) is 0. The average molecular weight is 305 g/mol. The van der Waals surface area contributed by atoms with Gasteiger partial charge >= 0.3 is 5.97 Å². The van der Waals surface area contributed by atoms with Crippen molar-refractivity contribution in [2.75, 3.05) is 6.61 Å². The first-order chi connectivity index (χ1) is 9.04.